The van der Waals surface area contributed by atoms with Crippen LogP contribution in [0.15, 0.2) is 95.9 Å². The van der Waals surface area contributed by atoms with Crippen molar-refractivity contribution in [2.24, 2.45) is 0 Å². The fourth-order valence-corrected chi connectivity index (χ4v) is 4.56. The molecule has 0 spiro atoms. The van der Waals surface area contributed by atoms with Gasteiger partial charge in [0, 0.05) is 29.3 Å². The maximum atomic E-state index is 13.3. The van der Waals surface area contributed by atoms with Gasteiger partial charge in [0.1, 0.15) is 24.7 Å². The number of aliphatic hydroxyl groups is 2. The standard InChI is InChI=1S/C31H30N2O7/c1-20-17-33(27-16-25(35)26(18-34)40-27)31(37)32-30(20)38-19-21-12-14-24(15-13-21)39-29(23-10-6-3-7-11-23)28(36)22-8-4-2-5-9-22/h2-15,17,25-27,29,34-35H,16,18-19H2,1H3. The summed E-state index contributed by atoms with van der Waals surface area (Å²) in [5, 5.41) is 19.3. The van der Waals surface area contributed by atoms with E-state index in [1.54, 1.807) is 37.4 Å². The molecule has 206 valence electrons. The smallest absolute Gasteiger partial charge is 0.352 e. The van der Waals surface area contributed by atoms with Gasteiger partial charge in [-0.1, -0.05) is 72.8 Å². The van der Waals surface area contributed by atoms with Crippen LogP contribution in [0.4, 0.5) is 0 Å². The van der Waals surface area contributed by atoms with E-state index in [4.69, 9.17) is 14.2 Å². The first-order chi connectivity index (χ1) is 19.4. The third-order valence-electron chi connectivity index (χ3n) is 6.73. The highest BCUT2D eigenvalue weighted by Gasteiger charge is 2.35. The van der Waals surface area contributed by atoms with Crippen LogP contribution >= 0.6 is 0 Å². The Bertz CT molecular complexity index is 1490. The maximum absolute atomic E-state index is 13.3. The van der Waals surface area contributed by atoms with Crippen molar-refractivity contribution in [3.8, 4) is 11.6 Å². The third-order valence-corrected chi connectivity index (χ3v) is 6.73. The van der Waals surface area contributed by atoms with Gasteiger partial charge in [-0.25, -0.2) is 4.79 Å². The van der Waals surface area contributed by atoms with Crippen molar-refractivity contribution in [3.05, 3.63) is 124 Å². The minimum atomic E-state index is -0.857. The molecule has 1 aliphatic heterocycles. The molecule has 0 radical (unpaired) electrons. The van der Waals surface area contributed by atoms with Crippen molar-refractivity contribution in [2.75, 3.05) is 6.61 Å². The zero-order valence-corrected chi connectivity index (χ0v) is 21.9. The molecule has 4 aromatic rings. The number of carbonyl (C=O) groups excluding carboxylic acids is 1. The van der Waals surface area contributed by atoms with E-state index < -0.39 is 30.2 Å². The Morgan fingerprint density at radius 2 is 1.73 bits per heavy atom. The van der Waals surface area contributed by atoms with Crippen LogP contribution in [0.3, 0.4) is 0 Å². The molecule has 1 saturated heterocycles. The summed E-state index contributed by atoms with van der Waals surface area (Å²) in [4.78, 5) is 29.9. The van der Waals surface area contributed by atoms with Crippen molar-refractivity contribution in [3.63, 3.8) is 0 Å². The minimum Gasteiger partial charge on any atom is -0.478 e. The lowest BCUT2D eigenvalue weighted by Crippen LogP contribution is -2.28. The summed E-state index contributed by atoms with van der Waals surface area (Å²) in [5.74, 6) is 0.579. The number of Topliss-reactive ketones (excluding diaryl/α,β-unsaturated/α-hetero) is 1. The van der Waals surface area contributed by atoms with Gasteiger partial charge in [-0.15, -0.1) is 0 Å². The highest BCUT2D eigenvalue weighted by atomic mass is 16.5. The molecule has 3 aromatic carbocycles. The van der Waals surface area contributed by atoms with Gasteiger partial charge in [0.25, 0.3) is 0 Å². The van der Waals surface area contributed by atoms with Gasteiger partial charge in [-0.3, -0.25) is 9.36 Å². The summed E-state index contributed by atoms with van der Waals surface area (Å²) >= 11 is 0. The average Bonchev–Trinajstić information content (AvgIpc) is 3.37. The molecule has 9 nitrogen and oxygen atoms in total. The topological polar surface area (TPSA) is 120 Å². The molecule has 4 unspecified atom stereocenters. The monoisotopic (exact) mass is 542 g/mol. The molecular formula is C31H30N2O7. The van der Waals surface area contributed by atoms with Crippen LogP contribution in [0.2, 0.25) is 0 Å². The van der Waals surface area contributed by atoms with Gasteiger partial charge in [0.05, 0.1) is 12.7 Å². The molecule has 9 heteroatoms. The van der Waals surface area contributed by atoms with Crippen molar-refractivity contribution in [2.45, 2.75) is 44.5 Å². The average molecular weight is 543 g/mol. The number of rotatable bonds is 10. The molecule has 4 atom stereocenters. The Hall–Kier alpha value is -4.31. The zero-order valence-electron chi connectivity index (χ0n) is 21.9. The van der Waals surface area contributed by atoms with Crippen LogP contribution < -0.4 is 15.2 Å². The van der Waals surface area contributed by atoms with Crippen LogP contribution in [0, 0.1) is 6.92 Å². The van der Waals surface area contributed by atoms with Gasteiger partial charge >= 0.3 is 5.69 Å². The molecule has 5 rings (SSSR count). The van der Waals surface area contributed by atoms with Crippen molar-refractivity contribution >= 4 is 5.78 Å². The fraction of sp³-hybridized carbons (Fsp3) is 0.258. The van der Waals surface area contributed by atoms with E-state index in [0.717, 1.165) is 11.1 Å². The fourth-order valence-electron chi connectivity index (χ4n) is 4.56. The van der Waals surface area contributed by atoms with Gasteiger partial charge in [0.2, 0.25) is 11.7 Å². The zero-order chi connectivity index (χ0) is 28.1. The quantitative estimate of drug-likeness (QED) is 0.291. The minimum absolute atomic E-state index is 0.139. The number of nitrogens with zero attached hydrogens (tertiary/aromatic N) is 2. The lowest BCUT2D eigenvalue weighted by molar-refractivity contribution is -0.0460. The SMILES string of the molecule is Cc1cn(C2CC(O)C(CO)O2)c(=O)nc1OCc1ccc(OC(C(=O)c2ccccc2)c2ccccc2)cc1. The van der Waals surface area contributed by atoms with Crippen LogP contribution in [0.5, 0.6) is 11.6 Å². The van der Waals surface area contributed by atoms with Crippen LogP contribution in [0.25, 0.3) is 0 Å². The van der Waals surface area contributed by atoms with Gasteiger partial charge in [-0.2, -0.15) is 4.98 Å². The summed E-state index contributed by atoms with van der Waals surface area (Å²) in [6.45, 7) is 1.59. The first-order valence-electron chi connectivity index (χ1n) is 13.0. The number of ketones is 1. The van der Waals surface area contributed by atoms with Gasteiger partial charge in [0.15, 0.2) is 6.10 Å². The summed E-state index contributed by atoms with van der Waals surface area (Å²) in [5.41, 5.74) is 2.18. The highest BCUT2D eigenvalue weighted by Crippen LogP contribution is 2.29. The normalized spacial score (nSPS) is 19.2. The summed E-state index contributed by atoms with van der Waals surface area (Å²) in [6, 6.07) is 25.6. The third kappa shape index (κ3) is 6.12. The number of ether oxygens (including phenoxy) is 3. The second-order valence-corrected chi connectivity index (χ2v) is 9.61. The molecule has 0 saturated carbocycles. The Labute approximate surface area is 231 Å². The van der Waals surface area contributed by atoms with E-state index >= 15 is 0 Å². The number of hydrogen-bond acceptors (Lipinski definition) is 8. The summed E-state index contributed by atoms with van der Waals surface area (Å²) < 4.78 is 18.9. The number of benzene rings is 3. The van der Waals surface area contributed by atoms with E-state index in [-0.39, 0.29) is 31.3 Å². The Morgan fingerprint density at radius 3 is 2.38 bits per heavy atom. The molecule has 40 heavy (non-hydrogen) atoms. The second kappa shape index (κ2) is 12.3. The number of carbonyl (C=O) groups is 1. The highest BCUT2D eigenvalue weighted by molar-refractivity contribution is 6.00. The predicted molar refractivity (Wildman–Crippen MR) is 146 cm³/mol. The number of aromatic nitrogens is 2. The van der Waals surface area contributed by atoms with E-state index in [1.165, 1.54) is 4.57 Å². The van der Waals surface area contributed by atoms with Gasteiger partial charge in [-0.05, 0) is 24.6 Å². The maximum Gasteiger partial charge on any atom is 0.352 e. The predicted octanol–water partition coefficient (Wildman–Crippen LogP) is 3.77. The van der Waals surface area contributed by atoms with E-state index in [1.807, 2.05) is 60.7 Å². The largest absolute Gasteiger partial charge is 0.478 e. The summed E-state index contributed by atoms with van der Waals surface area (Å²) in [6.07, 6.45) is -1.35. The molecular weight excluding hydrogens is 512 g/mol. The lowest BCUT2D eigenvalue weighted by Gasteiger charge is -2.19. The van der Waals surface area contributed by atoms with Crippen LogP contribution in [-0.4, -0.2) is 44.4 Å². The number of aryl methyl sites for hydroxylation is 1. The van der Waals surface area contributed by atoms with Crippen molar-refractivity contribution in [1.82, 2.24) is 9.55 Å². The summed E-state index contributed by atoms with van der Waals surface area (Å²) in [7, 11) is 0. The van der Waals surface area contributed by atoms with Crippen molar-refractivity contribution < 1.29 is 29.2 Å². The van der Waals surface area contributed by atoms with Crippen molar-refractivity contribution in [1.29, 1.82) is 0 Å². The Balaban J connectivity index is 1.26. The Kier molecular flexibility index (Phi) is 8.35. The lowest BCUT2D eigenvalue weighted by atomic mass is 10.00. The Morgan fingerprint density at radius 1 is 1.05 bits per heavy atom. The molecule has 1 fully saturated rings. The molecule has 1 aromatic heterocycles. The van der Waals surface area contributed by atoms with Crippen LogP contribution in [0.1, 0.15) is 45.8 Å². The van der Waals surface area contributed by atoms with E-state index in [0.29, 0.717) is 16.9 Å². The van der Waals surface area contributed by atoms with Gasteiger partial charge < -0.3 is 24.4 Å². The number of hydrogen-bond donors (Lipinski definition) is 2. The molecule has 0 aliphatic carbocycles. The number of aliphatic hydroxyl groups excluding tert-OH is 2. The van der Waals surface area contributed by atoms with E-state index in [2.05, 4.69) is 4.98 Å². The molecule has 0 bridgehead atoms. The second-order valence-electron chi connectivity index (χ2n) is 9.61. The molecule has 0 amide bonds. The molecule has 2 N–H and O–H groups in total. The van der Waals surface area contributed by atoms with Crippen LogP contribution in [-0.2, 0) is 11.3 Å². The van der Waals surface area contributed by atoms with E-state index in [9.17, 15) is 19.8 Å². The molecule has 2 heterocycles. The first-order valence-corrected chi connectivity index (χ1v) is 13.0. The molecule has 1 aliphatic rings. The first kappa shape index (κ1) is 27.3.